The lowest BCUT2D eigenvalue weighted by Crippen LogP contribution is -2.32. The Labute approximate surface area is 218 Å². The molecule has 0 unspecified atom stereocenters. The molecule has 0 spiro atoms. The molecule has 0 bridgehead atoms. The van der Waals surface area contributed by atoms with Crippen molar-refractivity contribution in [1.29, 1.82) is 0 Å². The Kier molecular flexibility index (Phi) is 7.01. The van der Waals surface area contributed by atoms with Gasteiger partial charge in [0.1, 0.15) is 5.00 Å². The van der Waals surface area contributed by atoms with Gasteiger partial charge in [-0.25, -0.2) is 10.2 Å². The number of nitrogens with zero attached hydrogens (tertiary/aromatic N) is 1. The van der Waals surface area contributed by atoms with Gasteiger partial charge in [-0.1, -0.05) is 55.5 Å². The minimum absolute atomic E-state index is 0.227. The number of amides is 2. The molecular weight excluding hydrogens is 486 g/mol. The molecule has 3 aromatic carbocycles. The number of thiophene rings is 1. The molecule has 5 rings (SSSR count). The molecule has 1 atom stereocenters. The Balaban J connectivity index is 1.36. The summed E-state index contributed by atoms with van der Waals surface area (Å²) in [6.07, 6.45) is 4.09. The molecule has 37 heavy (non-hydrogen) atoms. The fourth-order valence-corrected chi connectivity index (χ4v) is 6.21. The molecule has 0 saturated heterocycles. The van der Waals surface area contributed by atoms with Crippen LogP contribution in [0.3, 0.4) is 0 Å². The van der Waals surface area contributed by atoms with Gasteiger partial charge in [0.15, 0.2) is 0 Å². The number of hydrogen-bond acceptors (Lipinski definition) is 6. The van der Waals surface area contributed by atoms with Gasteiger partial charge >= 0.3 is 17.8 Å². The average Bonchev–Trinajstić information content (AvgIpc) is 3.25. The van der Waals surface area contributed by atoms with Crippen molar-refractivity contribution in [3.63, 3.8) is 0 Å². The molecule has 4 aromatic rings. The van der Waals surface area contributed by atoms with Gasteiger partial charge in [-0.2, -0.15) is 5.10 Å². The molecule has 2 amide bonds. The van der Waals surface area contributed by atoms with E-state index in [0.717, 1.165) is 56.8 Å². The van der Waals surface area contributed by atoms with Crippen molar-refractivity contribution in [2.45, 2.75) is 33.1 Å². The van der Waals surface area contributed by atoms with E-state index in [0.29, 0.717) is 16.5 Å². The van der Waals surface area contributed by atoms with Gasteiger partial charge in [0.2, 0.25) is 0 Å². The van der Waals surface area contributed by atoms with Gasteiger partial charge in [0.25, 0.3) is 0 Å². The lowest BCUT2D eigenvalue weighted by Gasteiger charge is -2.18. The molecule has 1 aliphatic carbocycles. The van der Waals surface area contributed by atoms with Crippen molar-refractivity contribution < 1.29 is 19.1 Å². The molecule has 8 heteroatoms. The normalized spacial score (nSPS) is 15.0. The number of anilines is 1. The first kappa shape index (κ1) is 24.6. The van der Waals surface area contributed by atoms with Crippen LogP contribution in [0.4, 0.5) is 5.00 Å². The van der Waals surface area contributed by atoms with E-state index in [-0.39, 0.29) is 6.61 Å². The molecule has 1 aromatic heterocycles. The summed E-state index contributed by atoms with van der Waals surface area (Å²) in [7, 11) is 0. The Morgan fingerprint density at radius 1 is 1.05 bits per heavy atom. The maximum Gasteiger partial charge on any atom is 0.341 e. The van der Waals surface area contributed by atoms with Crippen LogP contribution >= 0.6 is 11.3 Å². The van der Waals surface area contributed by atoms with Crippen LogP contribution in [-0.4, -0.2) is 30.6 Å². The lowest BCUT2D eigenvalue weighted by atomic mass is 9.88. The first-order valence-corrected chi connectivity index (χ1v) is 13.1. The minimum Gasteiger partial charge on any atom is -0.462 e. The smallest absolute Gasteiger partial charge is 0.341 e. The van der Waals surface area contributed by atoms with Crippen molar-refractivity contribution in [3.8, 4) is 0 Å². The maximum absolute atomic E-state index is 12.7. The number of benzene rings is 3. The fraction of sp³-hybridized carbons (Fsp3) is 0.241. The van der Waals surface area contributed by atoms with E-state index in [2.05, 4.69) is 28.8 Å². The van der Waals surface area contributed by atoms with Crippen LogP contribution in [-0.2, 0) is 27.2 Å². The summed E-state index contributed by atoms with van der Waals surface area (Å²) in [4.78, 5) is 39.1. The molecule has 0 aliphatic heterocycles. The fourth-order valence-electron chi connectivity index (χ4n) is 4.81. The van der Waals surface area contributed by atoms with E-state index < -0.39 is 17.8 Å². The standard InChI is InChI=1S/C29H27N3O4S/c1-3-36-29(35)25-22-13-12-17(2)14-24(22)37-28(25)31-26(33)27(34)32-30-16-23-20-10-6-4-8-18(20)15-19-9-5-7-11-21(19)23/h4-11,15-17H,3,12-14H2,1-2H3,(H,31,33)(H,32,34)/b30-16-/t17-/m0/s1. The van der Waals surface area contributed by atoms with Crippen molar-refractivity contribution in [3.05, 3.63) is 76.2 Å². The predicted molar refractivity (Wildman–Crippen MR) is 147 cm³/mol. The van der Waals surface area contributed by atoms with Crippen LogP contribution in [0.5, 0.6) is 0 Å². The van der Waals surface area contributed by atoms with Gasteiger partial charge in [-0.05, 0) is 65.3 Å². The molecule has 1 aliphatic rings. The molecule has 1 heterocycles. The molecular formula is C29H27N3O4S. The Morgan fingerprint density at radius 3 is 2.41 bits per heavy atom. The first-order chi connectivity index (χ1) is 18.0. The van der Waals surface area contributed by atoms with Crippen molar-refractivity contribution in [1.82, 2.24) is 5.43 Å². The van der Waals surface area contributed by atoms with Crippen LogP contribution in [0.15, 0.2) is 59.7 Å². The summed E-state index contributed by atoms with van der Waals surface area (Å²) in [5.41, 5.74) is 4.45. The second-order valence-electron chi connectivity index (χ2n) is 9.16. The van der Waals surface area contributed by atoms with Gasteiger partial charge in [-0.3, -0.25) is 9.59 Å². The van der Waals surface area contributed by atoms with E-state index >= 15 is 0 Å². The Hall–Kier alpha value is -4.04. The summed E-state index contributed by atoms with van der Waals surface area (Å²) in [6, 6.07) is 18.0. The molecule has 0 fully saturated rings. The summed E-state index contributed by atoms with van der Waals surface area (Å²) in [5, 5.41) is 11.1. The largest absolute Gasteiger partial charge is 0.462 e. The van der Waals surface area contributed by atoms with Crippen molar-refractivity contribution in [2.75, 3.05) is 11.9 Å². The van der Waals surface area contributed by atoms with Gasteiger partial charge < -0.3 is 10.1 Å². The van der Waals surface area contributed by atoms with Gasteiger partial charge in [0, 0.05) is 10.4 Å². The number of esters is 1. The van der Waals surface area contributed by atoms with Crippen LogP contribution in [0, 0.1) is 5.92 Å². The highest BCUT2D eigenvalue weighted by atomic mass is 32.1. The van der Waals surface area contributed by atoms with E-state index in [1.807, 2.05) is 48.5 Å². The minimum atomic E-state index is -0.921. The Morgan fingerprint density at radius 2 is 1.73 bits per heavy atom. The highest BCUT2D eigenvalue weighted by molar-refractivity contribution is 7.17. The first-order valence-electron chi connectivity index (χ1n) is 12.3. The van der Waals surface area contributed by atoms with Crippen LogP contribution in [0.25, 0.3) is 21.5 Å². The second kappa shape index (κ2) is 10.5. The number of ether oxygens (including phenoxy) is 1. The number of fused-ring (bicyclic) bond motifs is 3. The van der Waals surface area contributed by atoms with E-state index in [9.17, 15) is 14.4 Å². The van der Waals surface area contributed by atoms with E-state index in [1.54, 1.807) is 13.1 Å². The third-order valence-corrected chi connectivity index (χ3v) is 7.77. The number of carbonyl (C=O) groups excluding carboxylic acids is 3. The van der Waals surface area contributed by atoms with E-state index in [1.165, 1.54) is 11.3 Å². The SMILES string of the molecule is CCOC(=O)c1c(NC(=O)C(=O)N/N=C\c2c3ccccc3cc3ccccc23)sc2c1CC[C@H](C)C2. The summed E-state index contributed by atoms with van der Waals surface area (Å²) >= 11 is 1.34. The molecule has 188 valence electrons. The topological polar surface area (TPSA) is 96.9 Å². The zero-order valence-corrected chi connectivity index (χ0v) is 21.5. The van der Waals surface area contributed by atoms with Crippen LogP contribution in [0.2, 0.25) is 0 Å². The maximum atomic E-state index is 12.7. The zero-order chi connectivity index (χ0) is 25.9. The van der Waals surface area contributed by atoms with Gasteiger partial charge in [0.05, 0.1) is 18.4 Å². The third kappa shape index (κ3) is 4.97. The Bertz CT molecular complexity index is 1500. The molecule has 2 N–H and O–H groups in total. The summed E-state index contributed by atoms with van der Waals surface area (Å²) in [5.74, 6) is -1.80. The molecule has 7 nitrogen and oxygen atoms in total. The zero-order valence-electron chi connectivity index (χ0n) is 20.7. The quantitative estimate of drug-likeness (QED) is 0.122. The number of hydrogen-bond donors (Lipinski definition) is 2. The van der Waals surface area contributed by atoms with Crippen molar-refractivity contribution in [2.24, 2.45) is 11.0 Å². The number of hydrazone groups is 1. The van der Waals surface area contributed by atoms with Crippen molar-refractivity contribution >= 4 is 61.9 Å². The van der Waals surface area contributed by atoms with Crippen LogP contribution < -0.4 is 10.7 Å². The summed E-state index contributed by atoms with van der Waals surface area (Å²) in [6.45, 7) is 4.13. The summed E-state index contributed by atoms with van der Waals surface area (Å²) < 4.78 is 5.24. The number of carbonyl (C=O) groups is 3. The molecule has 0 saturated carbocycles. The lowest BCUT2D eigenvalue weighted by molar-refractivity contribution is -0.136. The molecule has 0 radical (unpaired) electrons. The highest BCUT2D eigenvalue weighted by Crippen LogP contribution is 2.40. The average molecular weight is 514 g/mol. The number of rotatable bonds is 5. The third-order valence-electron chi connectivity index (χ3n) is 6.60. The predicted octanol–water partition coefficient (Wildman–Crippen LogP) is 5.44. The van der Waals surface area contributed by atoms with Gasteiger partial charge in [-0.15, -0.1) is 11.3 Å². The highest BCUT2D eigenvalue weighted by Gasteiger charge is 2.30. The van der Waals surface area contributed by atoms with Crippen LogP contribution in [0.1, 0.15) is 46.6 Å². The number of nitrogens with one attached hydrogen (secondary N) is 2. The second-order valence-corrected chi connectivity index (χ2v) is 10.3. The monoisotopic (exact) mass is 513 g/mol. The van der Waals surface area contributed by atoms with E-state index in [4.69, 9.17) is 4.74 Å².